The third kappa shape index (κ3) is 4.81. The normalized spacial score (nSPS) is 16.8. The van der Waals surface area contributed by atoms with Crippen molar-refractivity contribution in [3.05, 3.63) is 54.4 Å². The summed E-state index contributed by atoms with van der Waals surface area (Å²) in [5, 5.41) is 3.41. The van der Waals surface area contributed by atoms with Gasteiger partial charge < -0.3 is 24.6 Å². The molecule has 0 amide bonds. The standard InChI is InChI=1S/C24H28N6O2/c1-18-16-22(27-20-3-5-21(6-4-20)29-8-12-31-13-9-29)28-24(26-18)19-2-7-23(25-17-19)30-10-14-32-15-11-30/h2-7,16-17H,8-15H2,1H3,(H,26,27,28). The zero-order chi connectivity index (χ0) is 21.8. The largest absolute Gasteiger partial charge is 0.378 e. The minimum Gasteiger partial charge on any atom is -0.378 e. The second-order valence-electron chi connectivity index (χ2n) is 7.99. The first kappa shape index (κ1) is 20.7. The first-order chi connectivity index (χ1) is 15.7. The molecule has 0 aliphatic carbocycles. The van der Waals surface area contributed by atoms with Crippen molar-refractivity contribution in [2.75, 3.05) is 67.7 Å². The van der Waals surface area contributed by atoms with Crippen LogP contribution >= 0.6 is 0 Å². The molecular formula is C24H28N6O2. The van der Waals surface area contributed by atoms with E-state index in [1.807, 2.05) is 31.3 Å². The number of hydrogen-bond donors (Lipinski definition) is 1. The van der Waals surface area contributed by atoms with E-state index in [-0.39, 0.29) is 0 Å². The highest BCUT2D eigenvalue weighted by Crippen LogP contribution is 2.24. The van der Waals surface area contributed by atoms with Crippen molar-refractivity contribution in [2.45, 2.75) is 6.92 Å². The Morgan fingerprint density at radius 1 is 0.812 bits per heavy atom. The molecule has 2 aliphatic heterocycles. The van der Waals surface area contributed by atoms with Gasteiger partial charge in [0, 0.05) is 61.1 Å². The van der Waals surface area contributed by atoms with Gasteiger partial charge in [-0.1, -0.05) is 0 Å². The van der Waals surface area contributed by atoms with Gasteiger partial charge in [-0.25, -0.2) is 15.0 Å². The summed E-state index contributed by atoms with van der Waals surface area (Å²) in [6, 6.07) is 14.5. The average Bonchev–Trinajstić information content (AvgIpc) is 2.85. The number of anilines is 4. The molecule has 2 fully saturated rings. The van der Waals surface area contributed by atoms with E-state index in [2.05, 4.69) is 49.4 Å². The SMILES string of the molecule is Cc1cc(Nc2ccc(N3CCOCC3)cc2)nc(-c2ccc(N3CCOCC3)nc2)n1. The zero-order valence-electron chi connectivity index (χ0n) is 18.3. The Morgan fingerprint density at radius 2 is 1.50 bits per heavy atom. The van der Waals surface area contributed by atoms with Crippen molar-refractivity contribution >= 4 is 23.0 Å². The number of nitrogens with zero attached hydrogens (tertiary/aromatic N) is 5. The fourth-order valence-electron chi connectivity index (χ4n) is 3.98. The summed E-state index contributed by atoms with van der Waals surface area (Å²) in [5.74, 6) is 2.39. The summed E-state index contributed by atoms with van der Waals surface area (Å²) in [6.07, 6.45) is 1.85. The Labute approximate surface area is 188 Å². The summed E-state index contributed by atoms with van der Waals surface area (Å²) < 4.78 is 10.9. The lowest BCUT2D eigenvalue weighted by Crippen LogP contribution is -2.36. The van der Waals surface area contributed by atoms with Gasteiger partial charge in [-0.15, -0.1) is 0 Å². The number of nitrogens with one attached hydrogen (secondary N) is 1. The molecule has 1 aromatic carbocycles. The molecule has 2 aromatic heterocycles. The van der Waals surface area contributed by atoms with E-state index in [9.17, 15) is 0 Å². The van der Waals surface area contributed by atoms with Crippen molar-refractivity contribution in [1.82, 2.24) is 15.0 Å². The van der Waals surface area contributed by atoms with Crippen LogP contribution in [0.1, 0.15) is 5.69 Å². The molecule has 8 heteroatoms. The van der Waals surface area contributed by atoms with Gasteiger partial charge in [0.2, 0.25) is 0 Å². The van der Waals surface area contributed by atoms with Gasteiger partial charge >= 0.3 is 0 Å². The van der Waals surface area contributed by atoms with Crippen LogP contribution in [-0.2, 0) is 9.47 Å². The summed E-state index contributed by atoms with van der Waals surface area (Å²) in [7, 11) is 0. The molecule has 4 heterocycles. The minimum atomic E-state index is 0.665. The van der Waals surface area contributed by atoms with Crippen LogP contribution in [0.4, 0.5) is 23.0 Å². The molecular weight excluding hydrogens is 404 g/mol. The van der Waals surface area contributed by atoms with Gasteiger partial charge in [0.05, 0.1) is 26.4 Å². The van der Waals surface area contributed by atoms with Crippen LogP contribution in [0.25, 0.3) is 11.4 Å². The number of benzene rings is 1. The molecule has 5 rings (SSSR count). The van der Waals surface area contributed by atoms with Gasteiger partial charge in [0.25, 0.3) is 0 Å². The molecule has 0 saturated carbocycles. The van der Waals surface area contributed by atoms with Gasteiger partial charge in [-0.05, 0) is 43.3 Å². The molecule has 2 aliphatic rings. The van der Waals surface area contributed by atoms with Crippen LogP contribution in [0.2, 0.25) is 0 Å². The van der Waals surface area contributed by atoms with Crippen molar-refractivity contribution in [3.63, 3.8) is 0 Å². The second-order valence-corrected chi connectivity index (χ2v) is 7.99. The maximum Gasteiger partial charge on any atom is 0.163 e. The first-order valence-electron chi connectivity index (χ1n) is 11.1. The Balaban J connectivity index is 1.30. The molecule has 32 heavy (non-hydrogen) atoms. The number of pyridine rings is 1. The van der Waals surface area contributed by atoms with Gasteiger partial charge in [0.1, 0.15) is 11.6 Å². The van der Waals surface area contributed by atoms with Crippen molar-refractivity contribution < 1.29 is 9.47 Å². The summed E-state index contributed by atoms with van der Waals surface area (Å²) in [5.41, 5.74) is 4.01. The van der Waals surface area contributed by atoms with Gasteiger partial charge in [-0.2, -0.15) is 0 Å². The average molecular weight is 433 g/mol. The van der Waals surface area contributed by atoms with Gasteiger partial charge in [0.15, 0.2) is 5.82 Å². The van der Waals surface area contributed by atoms with E-state index in [0.717, 1.165) is 81.2 Å². The van der Waals surface area contributed by atoms with E-state index in [0.29, 0.717) is 5.82 Å². The van der Waals surface area contributed by atoms with E-state index >= 15 is 0 Å². The summed E-state index contributed by atoms with van der Waals surface area (Å²) in [6.45, 7) is 8.63. The second kappa shape index (κ2) is 9.50. The van der Waals surface area contributed by atoms with Crippen LogP contribution in [0.3, 0.4) is 0 Å². The fraction of sp³-hybridized carbons (Fsp3) is 0.375. The topological polar surface area (TPSA) is 75.6 Å². The van der Waals surface area contributed by atoms with Crippen LogP contribution < -0.4 is 15.1 Å². The predicted molar refractivity (Wildman–Crippen MR) is 126 cm³/mol. The Kier molecular flexibility index (Phi) is 6.13. The van der Waals surface area contributed by atoms with Crippen molar-refractivity contribution in [3.8, 4) is 11.4 Å². The van der Waals surface area contributed by atoms with Crippen LogP contribution in [0.15, 0.2) is 48.7 Å². The lowest BCUT2D eigenvalue weighted by Gasteiger charge is -2.28. The molecule has 0 bridgehead atoms. The number of rotatable bonds is 5. The van der Waals surface area contributed by atoms with Crippen molar-refractivity contribution in [1.29, 1.82) is 0 Å². The Hall–Kier alpha value is -3.23. The van der Waals surface area contributed by atoms with E-state index in [1.54, 1.807) is 0 Å². The molecule has 2 saturated heterocycles. The molecule has 0 spiro atoms. The number of hydrogen-bond acceptors (Lipinski definition) is 8. The highest BCUT2D eigenvalue weighted by Gasteiger charge is 2.14. The Bertz CT molecular complexity index is 1030. The molecule has 3 aromatic rings. The highest BCUT2D eigenvalue weighted by atomic mass is 16.5. The smallest absolute Gasteiger partial charge is 0.163 e. The predicted octanol–water partition coefficient (Wildman–Crippen LogP) is 3.26. The molecule has 166 valence electrons. The quantitative estimate of drug-likeness (QED) is 0.659. The molecule has 1 N–H and O–H groups in total. The third-order valence-electron chi connectivity index (χ3n) is 5.71. The lowest BCUT2D eigenvalue weighted by atomic mass is 10.2. The van der Waals surface area contributed by atoms with Crippen LogP contribution in [-0.4, -0.2) is 67.6 Å². The maximum absolute atomic E-state index is 5.44. The van der Waals surface area contributed by atoms with Crippen LogP contribution in [0.5, 0.6) is 0 Å². The van der Waals surface area contributed by atoms with E-state index in [4.69, 9.17) is 14.5 Å². The van der Waals surface area contributed by atoms with Gasteiger partial charge in [-0.3, -0.25) is 0 Å². The monoisotopic (exact) mass is 432 g/mol. The minimum absolute atomic E-state index is 0.665. The van der Waals surface area contributed by atoms with Crippen molar-refractivity contribution in [2.24, 2.45) is 0 Å². The lowest BCUT2D eigenvalue weighted by molar-refractivity contribution is 0.122. The van der Waals surface area contributed by atoms with Crippen LogP contribution in [0, 0.1) is 6.92 Å². The molecule has 0 unspecified atom stereocenters. The number of ether oxygens (including phenoxy) is 2. The molecule has 0 radical (unpaired) electrons. The maximum atomic E-state index is 5.44. The highest BCUT2D eigenvalue weighted by molar-refractivity contribution is 5.64. The summed E-state index contributed by atoms with van der Waals surface area (Å²) >= 11 is 0. The Morgan fingerprint density at radius 3 is 2.16 bits per heavy atom. The number of morpholine rings is 2. The van der Waals surface area contributed by atoms with E-state index < -0.39 is 0 Å². The zero-order valence-corrected chi connectivity index (χ0v) is 18.3. The first-order valence-corrected chi connectivity index (χ1v) is 11.1. The third-order valence-corrected chi connectivity index (χ3v) is 5.71. The fourth-order valence-corrected chi connectivity index (χ4v) is 3.98. The summed E-state index contributed by atoms with van der Waals surface area (Å²) in [4.78, 5) is 18.6. The number of aryl methyl sites for hydroxylation is 1. The number of aromatic nitrogens is 3. The van der Waals surface area contributed by atoms with E-state index in [1.165, 1.54) is 5.69 Å². The molecule has 0 atom stereocenters. The molecule has 8 nitrogen and oxygen atoms in total.